The fourth-order valence-corrected chi connectivity index (χ4v) is 10.4. The molecule has 5 amide bonds. The van der Waals surface area contributed by atoms with E-state index in [0.29, 0.717) is 24.4 Å². The van der Waals surface area contributed by atoms with E-state index in [1.165, 1.54) is 16.7 Å². The predicted molar refractivity (Wildman–Crippen MR) is 253 cm³/mol. The van der Waals surface area contributed by atoms with Crippen LogP contribution in [-0.2, 0) is 27.5 Å². The van der Waals surface area contributed by atoms with Gasteiger partial charge in [0.25, 0.3) is 11.8 Å². The molecular formula is C48H59N13O5S. The molecular weight excluding hydrogens is 871 g/mol. The van der Waals surface area contributed by atoms with Gasteiger partial charge in [0, 0.05) is 99.5 Å². The van der Waals surface area contributed by atoms with Gasteiger partial charge in [0.15, 0.2) is 11.5 Å². The normalized spacial score (nSPS) is 21.0. The Morgan fingerprint density at radius 2 is 1.70 bits per heavy atom. The van der Waals surface area contributed by atoms with E-state index in [1.807, 2.05) is 48.8 Å². The number of carbonyl (C=O) groups is 5. The van der Waals surface area contributed by atoms with Crippen molar-refractivity contribution in [3.05, 3.63) is 89.4 Å². The molecule has 2 aromatic carbocycles. The number of amides is 5. The molecule has 9 rings (SSSR count). The van der Waals surface area contributed by atoms with Gasteiger partial charge in [-0.05, 0) is 106 Å². The summed E-state index contributed by atoms with van der Waals surface area (Å²) in [7, 11) is 0. The van der Waals surface area contributed by atoms with Gasteiger partial charge in [0.2, 0.25) is 17.7 Å². The lowest BCUT2D eigenvalue weighted by molar-refractivity contribution is -0.137. The number of nitrogens with zero attached hydrogens (tertiary/aromatic N) is 9. The molecule has 2 aromatic heterocycles. The fourth-order valence-electron chi connectivity index (χ4n) is 9.63. The summed E-state index contributed by atoms with van der Waals surface area (Å²) in [6, 6.07) is 16.6. The Bertz CT molecular complexity index is 2460. The van der Waals surface area contributed by atoms with Crippen LogP contribution in [-0.4, -0.2) is 141 Å². The number of likely N-dealkylation sites (tertiary alicyclic amines) is 1. The lowest BCUT2D eigenvalue weighted by atomic mass is 9.91. The average Bonchev–Trinajstić information content (AvgIpc) is 3.94. The van der Waals surface area contributed by atoms with Crippen molar-refractivity contribution in [1.29, 1.82) is 0 Å². The number of rotatable bonds is 15. The molecule has 0 spiro atoms. The van der Waals surface area contributed by atoms with Gasteiger partial charge in [-0.3, -0.25) is 34.2 Å². The summed E-state index contributed by atoms with van der Waals surface area (Å²) >= 11 is 1.53. The summed E-state index contributed by atoms with van der Waals surface area (Å²) in [4.78, 5) is 84.2. The summed E-state index contributed by atoms with van der Waals surface area (Å²) in [5.74, 6) is 0.294. The first-order valence-corrected chi connectivity index (χ1v) is 24.3. The second-order valence-electron chi connectivity index (χ2n) is 18.6. The van der Waals surface area contributed by atoms with Gasteiger partial charge in [-0.25, -0.2) is 9.97 Å². The minimum absolute atomic E-state index is 0.0243. The van der Waals surface area contributed by atoms with Crippen LogP contribution in [0, 0.1) is 0 Å². The van der Waals surface area contributed by atoms with E-state index in [2.05, 4.69) is 62.6 Å². The van der Waals surface area contributed by atoms with E-state index in [9.17, 15) is 24.0 Å². The van der Waals surface area contributed by atoms with Crippen molar-refractivity contribution in [3.63, 3.8) is 0 Å². The average molecular weight is 930 g/mol. The van der Waals surface area contributed by atoms with E-state index < -0.39 is 11.9 Å². The van der Waals surface area contributed by atoms with Crippen molar-refractivity contribution in [2.45, 2.75) is 98.9 Å². The highest BCUT2D eigenvalue weighted by Crippen LogP contribution is 2.31. The van der Waals surface area contributed by atoms with Crippen molar-refractivity contribution in [2.24, 2.45) is 5.73 Å². The van der Waals surface area contributed by atoms with E-state index in [1.54, 1.807) is 18.2 Å². The van der Waals surface area contributed by atoms with Crippen LogP contribution < -0.4 is 31.5 Å². The van der Waals surface area contributed by atoms with Gasteiger partial charge in [0.1, 0.15) is 16.9 Å². The third-order valence-corrected chi connectivity index (χ3v) is 14.5. The molecule has 5 aliphatic heterocycles. The molecule has 2 atom stereocenters. The molecule has 19 heteroatoms. The van der Waals surface area contributed by atoms with Crippen molar-refractivity contribution in [3.8, 4) is 0 Å². The zero-order valence-corrected chi connectivity index (χ0v) is 38.8. The highest BCUT2D eigenvalue weighted by Gasteiger charge is 2.39. The lowest BCUT2D eigenvalue weighted by Crippen LogP contribution is -2.52. The summed E-state index contributed by atoms with van der Waals surface area (Å²) in [5, 5.41) is 17.7. The molecule has 4 aromatic rings. The lowest BCUT2D eigenvalue weighted by Gasteiger charge is -2.38. The Morgan fingerprint density at radius 1 is 0.881 bits per heavy atom. The van der Waals surface area contributed by atoms with Gasteiger partial charge in [0.05, 0.1) is 12.4 Å². The smallest absolute Gasteiger partial charge is 0.272 e. The number of unbranched alkanes of at least 4 members (excludes halogenated alkanes) is 1. The SMILES string of the molecule is CC1(N)CCN(c2cnc(Sc3cccc(NC(=O)CCCCN4CCC(N5CCN(c6ccc(C(=O)NCc7ccc8c(c7)CN(C7CCC(=O)NC7=O)C8=O)nn6)CC5)C4)c3)cn2)CC1. The number of aromatic nitrogens is 4. The van der Waals surface area contributed by atoms with Crippen LogP contribution in [0.1, 0.15) is 90.3 Å². The first kappa shape index (κ1) is 46.1. The van der Waals surface area contributed by atoms with Crippen LogP contribution in [0.3, 0.4) is 0 Å². The minimum Gasteiger partial charge on any atom is -0.355 e. The second kappa shape index (κ2) is 20.5. The van der Waals surface area contributed by atoms with Crippen molar-refractivity contribution in [2.75, 3.05) is 74.0 Å². The van der Waals surface area contributed by atoms with Crippen LogP contribution in [0.2, 0.25) is 0 Å². The van der Waals surface area contributed by atoms with Crippen LogP contribution in [0.5, 0.6) is 0 Å². The fraction of sp³-hybridized carbons (Fsp3) is 0.479. The largest absolute Gasteiger partial charge is 0.355 e. The van der Waals surface area contributed by atoms with Crippen molar-refractivity contribution in [1.82, 2.24) is 45.5 Å². The van der Waals surface area contributed by atoms with E-state index in [4.69, 9.17) is 5.73 Å². The third-order valence-electron chi connectivity index (χ3n) is 13.6. The number of imide groups is 1. The number of fused-ring (bicyclic) bond motifs is 1. The molecule has 0 aliphatic carbocycles. The molecule has 0 saturated carbocycles. The molecule has 0 radical (unpaired) electrons. The van der Waals surface area contributed by atoms with Crippen LogP contribution in [0.15, 0.2) is 76.9 Å². The van der Waals surface area contributed by atoms with Gasteiger partial charge >= 0.3 is 0 Å². The monoisotopic (exact) mass is 929 g/mol. The number of nitrogens with two attached hydrogens (primary N) is 1. The minimum atomic E-state index is -0.676. The predicted octanol–water partition coefficient (Wildman–Crippen LogP) is 3.43. The number of anilines is 3. The number of piperidine rings is 2. The summed E-state index contributed by atoms with van der Waals surface area (Å²) < 4.78 is 0. The summed E-state index contributed by atoms with van der Waals surface area (Å²) in [6.45, 7) is 10.9. The number of hydrogen-bond donors (Lipinski definition) is 4. The van der Waals surface area contributed by atoms with E-state index in [0.717, 1.165) is 129 Å². The maximum absolute atomic E-state index is 13.0. The zero-order valence-electron chi connectivity index (χ0n) is 38.0. The Balaban J connectivity index is 0.648. The van der Waals surface area contributed by atoms with Gasteiger partial charge in [-0.1, -0.05) is 30.0 Å². The van der Waals surface area contributed by atoms with E-state index >= 15 is 0 Å². The zero-order chi connectivity index (χ0) is 46.5. The molecule has 7 heterocycles. The molecule has 352 valence electrons. The number of carbonyl (C=O) groups excluding carboxylic acids is 5. The second-order valence-corrected chi connectivity index (χ2v) is 19.7. The molecule has 2 unspecified atom stereocenters. The maximum Gasteiger partial charge on any atom is 0.272 e. The molecule has 67 heavy (non-hydrogen) atoms. The number of piperazine rings is 1. The van der Waals surface area contributed by atoms with Crippen molar-refractivity contribution < 1.29 is 24.0 Å². The Morgan fingerprint density at radius 3 is 2.46 bits per heavy atom. The molecule has 4 saturated heterocycles. The Kier molecular flexibility index (Phi) is 14.1. The highest BCUT2D eigenvalue weighted by atomic mass is 32.2. The number of nitrogens with one attached hydrogen (secondary N) is 3. The van der Waals surface area contributed by atoms with Gasteiger partial charge < -0.3 is 36.0 Å². The first-order chi connectivity index (χ1) is 32.4. The summed E-state index contributed by atoms with van der Waals surface area (Å²) in [5.41, 5.74) is 9.30. The van der Waals surface area contributed by atoms with Crippen LogP contribution in [0.25, 0.3) is 0 Å². The third kappa shape index (κ3) is 11.4. The van der Waals surface area contributed by atoms with Crippen molar-refractivity contribution >= 4 is 58.6 Å². The summed E-state index contributed by atoms with van der Waals surface area (Å²) in [6.07, 6.45) is 9.42. The maximum atomic E-state index is 13.0. The standard InChI is InChI=1S/C48H59N13O5S/c1-48(49)15-19-59(20-16-48)41-28-51-44(29-50-41)67-36-6-4-5-34(26-36)53-42(62)7-2-3-17-57-18-14-35(31-57)58-21-23-60(24-22-58)40-12-10-38(55-56-40)45(64)52-27-32-8-9-37-33(25-32)30-61(47(37)66)39-11-13-43(63)54-46(39)65/h4-6,8-10,12,25-26,28-29,35,39H,2-3,7,11,13-24,27,30-31,49H2,1H3,(H,52,64)(H,53,62)(H,54,63,65). The van der Waals surface area contributed by atoms with Crippen LogP contribution >= 0.6 is 11.8 Å². The number of benzene rings is 2. The van der Waals surface area contributed by atoms with Gasteiger partial charge in [-0.15, -0.1) is 10.2 Å². The quantitative estimate of drug-likeness (QED) is 0.0993. The molecule has 0 bridgehead atoms. The topological polar surface area (TPSA) is 215 Å². The molecule has 5 aliphatic rings. The molecule has 5 N–H and O–H groups in total. The number of hydrogen-bond acceptors (Lipinski definition) is 15. The van der Waals surface area contributed by atoms with Crippen LogP contribution in [0.4, 0.5) is 17.3 Å². The molecule has 4 fully saturated rings. The van der Waals surface area contributed by atoms with Gasteiger partial charge in [-0.2, -0.15) is 0 Å². The molecule has 18 nitrogen and oxygen atoms in total. The first-order valence-electron chi connectivity index (χ1n) is 23.5. The van der Waals surface area contributed by atoms with E-state index in [-0.39, 0.29) is 54.4 Å². The Labute approximate surface area is 394 Å². The Hall–Kier alpha value is -6.02. The highest BCUT2D eigenvalue weighted by molar-refractivity contribution is 7.99.